The van der Waals surface area contributed by atoms with Gasteiger partial charge < -0.3 is 20.3 Å². The van der Waals surface area contributed by atoms with Crippen LogP contribution in [-0.4, -0.2) is 48.0 Å². The van der Waals surface area contributed by atoms with Crippen LogP contribution in [0.4, 0.5) is 21.9 Å². The van der Waals surface area contributed by atoms with Crippen LogP contribution in [-0.2, 0) is 0 Å². The first-order chi connectivity index (χ1) is 18.4. The minimum Gasteiger partial charge on any atom is -0.457 e. The Hall–Kier alpha value is -3.95. The molecule has 0 saturated heterocycles. The molecule has 6 rings (SSSR count). The molecule has 3 heterocycles. The number of amides is 3. The number of carbonyl (C=O) groups excluding carboxylic acids is 2. The third kappa shape index (κ3) is 4.27. The Bertz CT molecular complexity index is 1530. The van der Waals surface area contributed by atoms with E-state index < -0.39 is 0 Å². The summed E-state index contributed by atoms with van der Waals surface area (Å²) >= 11 is 1.31. The van der Waals surface area contributed by atoms with Gasteiger partial charge in [0.15, 0.2) is 0 Å². The van der Waals surface area contributed by atoms with Gasteiger partial charge >= 0.3 is 6.03 Å². The Morgan fingerprint density at radius 1 is 1.11 bits per heavy atom. The molecule has 2 N–H and O–H groups in total. The second-order valence-electron chi connectivity index (χ2n) is 9.99. The van der Waals surface area contributed by atoms with Gasteiger partial charge in [-0.3, -0.25) is 9.69 Å². The van der Waals surface area contributed by atoms with Crippen molar-refractivity contribution >= 4 is 50.6 Å². The fourth-order valence-electron chi connectivity index (χ4n) is 5.51. The van der Waals surface area contributed by atoms with Gasteiger partial charge in [-0.1, -0.05) is 18.2 Å². The highest BCUT2D eigenvalue weighted by atomic mass is 32.1. The fourth-order valence-corrected chi connectivity index (χ4v) is 6.53. The molecule has 3 amide bonds. The van der Waals surface area contributed by atoms with E-state index >= 15 is 0 Å². The molecule has 0 spiro atoms. The molecule has 0 bridgehead atoms. The molecule has 38 heavy (non-hydrogen) atoms. The molecule has 9 heteroatoms. The van der Waals surface area contributed by atoms with Crippen molar-refractivity contribution in [1.29, 1.82) is 0 Å². The molecule has 194 valence electrons. The van der Waals surface area contributed by atoms with Gasteiger partial charge in [0, 0.05) is 18.3 Å². The van der Waals surface area contributed by atoms with Gasteiger partial charge in [-0.25, -0.2) is 9.78 Å². The number of thiophene rings is 1. The van der Waals surface area contributed by atoms with Gasteiger partial charge in [-0.2, -0.15) is 0 Å². The number of rotatable bonds is 6. The van der Waals surface area contributed by atoms with Gasteiger partial charge in [0.1, 0.15) is 21.2 Å². The summed E-state index contributed by atoms with van der Waals surface area (Å²) in [7, 11) is 4.09. The number of hydrogen-bond donors (Lipinski definition) is 2. The molecule has 2 atom stereocenters. The molecule has 1 fully saturated rings. The first kappa shape index (κ1) is 24.4. The van der Waals surface area contributed by atoms with E-state index in [-0.39, 0.29) is 18.0 Å². The number of para-hydroxylation sites is 1. The van der Waals surface area contributed by atoms with Gasteiger partial charge in [-0.05, 0) is 82.2 Å². The highest BCUT2D eigenvalue weighted by Gasteiger charge is 2.35. The van der Waals surface area contributed by atoms with Gasteiger partial charge in [-0.15, -0.1) is 11.3 Å². The SMILES string of the molecule is Cc1cc(Oc2ccccc2)ccc1N1C(=O)Nc2c(C(=O)N[C@H]3CCCC3N(C)C)sc3nccc1c23. The number of nitrogens with zero attached hydrogens (tertiary/aromatic N) is 3. The maximum atomic E-state index is 13.5. The highest BCUT2D eigenvalue weighted by molar-refractivity contribution is 7.21. The Morgan fingerprint density at radius 3 is 2.68 bits per heavy atom. The average molecular weight is 528 g/mol. The van der Waals surface area contributed by atoms with Crippen molar-refractivity contribution < 1.29 is 14.3 Å². The molecule has 1 unspecified atom stereocenters. The first-order valence-electron chi connectivity index (χ1n) is 12.7. The summed E-state index contributed by atoms with van der Waals surface area (Å²) in [6.07, 6.45) is 4.77. The molecule has 2 aromatic carbocycles. The number of carbonyl (C=O) groups is 2. The first-order valence-corrected chi connectivity index (χ1v) is 13.6. The van der Waals surface area contributed by atoms with Crippen LogP contribution in [0.25, 0.3) is 10.2 Å². The molecule has 2 aliphatic rings. The van der Waals surface area contributed by atoms with E-state index in [9.17, 15) is 9.59 Å². The second-order valence-corrected chi connectivity index (χ2v) is 11.0. The Kier molecular flexibility index (Phi) is 6.25. The average Bonchev–Trinajstić information content (AvgIpc) is 3.51. The summed E-state index contributed by atoms with van der Waals surface area (Å²) in [6, 6.07) is 17.1. The normalized spacial score (nSPS) is 18.6. The van der Waals surface area contributed by atoms with Crippen LogP contribution in [0.5, 0.6) is 11.5 Å². The summed E-state index contributed by atoms with van der Waals surface area (Å²) in [5.41, 5.74) is 2.85. The monoisotopic (exact) mass is 527 g/mol. The van der Waals surface area contributed by atoms with E-state index in [1.807, 2.05) is 75.6 Å². The minimum absolute atomic E-state index is 0.0809. The Balaban J connectivity index is 1.33. The largest absolute Gasteiger partial charge is 0.457 e. The van der Waals surface area contributed by atoms with E-state index in [4.69, 9.17) is 4.74 Å². The van der Waals surface area contributed by atoms with Crippen LogP contribution in [0.15, 0.2) is 60.8 Å². The van der Waals surface area contributed by atoms with Crippen LogP contribution in [0.1, 0.15) is 34.5 Å². The Morgan fingerprint density at radius 2 is 1.92 bits per heavy atom. The third-order valence-electron chi connectivity index (χ3n) is 7.30. The number of ether oxygens (including phenoxy) is 1. The third-order valence-corrected chi connectivity index (χ3v) is 8.40. The predicted octanol–water partition coefficient (Wildman–Crippen LogP) is 6.29. The van der Waals surface area contributed by atoms with E-state index in [1.165, 1.54) is 11.3 Å². The maximum Gasteiger partial charge on any atom is 0.331 e. The van der Waals surface area contributed by atoms with Crippen LogP contribution >= 0.6 is 11.3 Å². The number of pyridine rings is 1. The maximum absolute atomic E-state index is 13.5. The van der Waals surface area contributed by atoms with E-state index in [0.717, 1.165) is 41.6 Å². The van der Waals surface area contributed by atoms with Gasteiger partial charge in [0.05, 0.1) is 22.4 Å². The van der Waals surface area contributed by atoms with Crippen molar-refractivity contribution in [1.82, 2.24) is 15.2 Å². The quantitative estimate of drug-likeness (QED) is 0.308. The van der Waals surface area contributed by atoms with E-state index in [0.29, 0.717) is 32.9 Å². The zero-order valence-corrected chi connectivity index (χ0v) is 22.3. The zero-order valence-electron chi connectivity index (χ0n) is 21.5. The van der Waals surface area contributed by atoms with Gasteiger partial charge in [0.2, 0.25) is 0 Å². The lowest BCUT2D eigenvalue weighted by Gasteiger charge is -2.30. The molecule has 8 nitrogen and oxygen atoms in total. The summed E-state index contributed by atoms with van der Waals surface area (Å²) < 4.78 is 5.97. The summed E-state index contributed by atoms with van der Waals surface area (Å²) in [4.78, 5) is 36.5. The number of nitrogens with one attached hydrogen (secondary N) is 2. The summed E-state index contributed by atoms with van der Waals surface area (Å²) in [5, 5.41) is 7.00. The summed E-state index contributed by atoms with van der Waals surface area (Å²) in [5.74, 6) is 1.27. The lowest BCUT2D eigenvalue weighted by Crippen LogP contribution is -2.46. The van der Waals surface area contributed by atoms with E-state index in [2.05, 4.69) is 20.5 Å². The number of hydrogen-bond acceptors (Lipinski definition) is 6. The van der Waals surface area contributed by atoms with Gasteiger partial charge in [0.25, 0.3) is 5.91 Å². The van der Waals surface area contributed by atoms with Crippen LogP contribution in [0.2, 0.25) is 0 Å². The summed E-state index contributed by atoms with van der Waals surface area (Å²) in [6.45, 7) is 1.95. The molecule has 1 aliphatic heterocycles. The lowest BCUT2D eigenvalue weighted by atomic mass is 10.1. The smallest absolute Gasteiger partial charge is 0.331 e. The molecule has 1 aliphatic carbocycles. The van der Waals surface area contributed by atoms with Crippen molar-refractivity contribution in [3.63, 3.8) is 0 Å². The van der Waals surface area contributed by atoms with Crippen LogP contribution < -0.4 is 20.3 Å². The lowest BCUT2D eigenvalue weighted by molar-refractivity contribution is 0.0924. The predicted molar refractivity (Wildman–Crippen MR) is 151 cm³/mol. The van der Waals surface area contributed by atoms with Crippen LogP contribution in [0.3, 0.4) is 0 Å². The number of likely N-dealkylation sites (N-methyl/N-ethyl adjacent to an activating group) is 1. The molecule has 1 saturated carbocycles. The molecule has 2 aromatic heterocycles. The standard InChI is InChI=1S/C29H29N5O3S/c1-17-16-19(37-18-8-5-4-6-9-18)12-13-21(17)34-23-14-15-30-28-24(23)25(32-29(34)36)26(38-28)27(35)31-20-10-7-11-22(20)33(2)3/h4-6,8-9,12-16,20,22H,7,10-11H2,1-3H3,(H,31,35)(H,32,36)/t20-,22?/m0/s1. The van der Waals surface area contributed by atoms with Crippen LogP contribution in [0, 0.1) is 6.92 Å². The van der Waals surface area contributed by atoms with Crippen molar-refractivity contribution in [3.05, 3.63) is 71.2 Å². The number of anilines is 3. The minimum atomic E-state index is -0.315. The fraction of sp³-hybridized carbons (Fsp3) is 0.276. The number of aryl methyl sites for hydroxylation is 1. The molecular weight excluding hydrogens is 498 g/mol. The second kappa shape index (κ2) is 9.74. The highest BCUT2D eigenvalue weighted by Crippen LogP contribution is 2.46. The number of urea groups is 1. The number of benzene rings is 2. The molecule has 0 radical (unpaired) electrons. The van der Waals surface area contributed by atoms with E-state index in [1.54, 1.807) is 11.1 Å². The van der Waals surface area contributed by atoms with Crippen molar-refractivity contribution in [2.75, 3.05) is 24.3 Å². The molecular formula is C29H29N5O3S. The number of aromatic nitrogens is 1. The zero-order chi connectivity index (χ0) is 26.4. The van der Waals surface area contributed by atoms with Crippen molar-refractivity contribution in [2.24, 2.45) is 0 Å². The van der Waals surface area contributed by atoms with Crippen molar-refractivity contribution in [3.8, 4) is 11.5 Å². The Labute approximate surface area is 225 Å². The topological polar surface area (TPSA) is 86.8 Å². The molecule has 4 aromatic rings. The van der Waals surface area contributed by atoms with Crippen molar-refractivity contribution in [2.45, 2.75) is 38.3 Å².